The Morgan fingerprint density at radius 2 is 0.709 bits per heavy atom. The van der Waals surface area contributed by atoms with E-state index in [1.165, 1.54) is 135 Å². The largest absolute Gasteiger partial charge is 0.756 e. The van der Waals surface area contributed by atoms with Crippen molar-refractivity contribution in [2.75, 3.05) is 40.9 Å². The lowest BCUT2D eigenvalue weighted by Gasteiger charge is -2.29. The van der Waals surface area contributed by atoms with Gasteiger partial charge in [-0.2, -0.15) is 0 Å². The van der Waals surface area contributed by atoms with Crippen LogP contribution in [-0.2, 0) is 18.4 Å². The van der Waals surface area contributed by atoms with Crippen molar-refractivity contribution >= 4 is 13.7 Å². The van der Waals surface area contributed by atoms with Crippen molar-refractivity contribution in [1.82, 2.24) is 5.32 Å². The topological polar surface area (TPSA) is 108 Å². The third-order valence-corrected chi connectivity index (χ3v) is 16.0. The van der Waals surface area contributed by atoms with Gasteiger partial charge in [0, 0.05) is 6.42 Å². The Bertz CT molecular complexity index is 1910. The second-order valence-corrected chi connectivity index (χ2v) is 25.9. The molecule has 0 spiro atoms. The van der Waals surface area contributed by atoms with Crippen molar-refractivity contribution in [1.29, 1.82) is 0 Å². The maximum absolute atomic E-state index is 13.0. The highest BCUT2D eigenvalue weighted by Gasteiger charge is 2.23. The van der Waals surface area contributed by atoms with E-state index in [9.17, 15) is 19.4 Å². The quantitative estimate of drug-likeness (QED) is 0.0272. The maximum atomic E-state index is 13.0. The van der Waals surface area contributed by atoms with Crippen LogP contribution in [-0.4, -0.2) is 68.5 Å². The number of nitrogens with one attached hydrogen (secondary N) is 1. The van der Waals surface area contributed by atoms with Crippen LogP contribution in [0, 0.1) is 0 Å². The molecular formula is C77H133N2O6P. The van der Waals surface area contributed by atoms with Gasteiger partial charge in [-0.3, -0.25) is 9.36 Å². The standard InChI is InChI=1S/C77H133N2O6P/c1-6-8-10-12-14-16-18-20-22-24-26-28-30-32-33-34-35-36-37-38-39-40-41-42-43-44-45-47-49-51-53-55-57-59-61-63-65-67-69-71-77(81)78-75(74-85-86(82,83)84-73-72-79(3,4)5)76(80)70-68-66-64-62-60-58-56-54-52-50-48-46-31-29-27-25-23-21-19-17-15-13-11-9-7-2/h8,10,14,16,20,22,26,28,32-33,35-36,38-39,41-42,44-45,49,51,55,57,68,70,75-76,80H,6-7,9,11-13,15,17-19,21,23-25,27,29-31,34,37,40,43,46-48,50,52-54,56,58-67,69,71-74H2,1-5H3,(H-,78,81,82,83)/b10-8-,16-14-,22-20-,28-26-,33-32-,36-35-,39-38-,42-41-,45-44-,51-49-,57-55-,70-68+. The number of carbonyl (C=O) groups excluding carboxylic acids is 1. The number of quaternary nitrogens is 1. The molecule has 0 bridgehead atoms. The first-order chi connectivity index (χ1) is 42.0. The summed E-state index contributed by atoms with van der Waals surface area (Å²) in [4.78, 5) is 25.6. The molecule has 0 saturated carbocycles. The van der Waals surface area contributed by atoms with Crippen molar-refractivity contribution in [3.05, 3.63) is 146 Å². The Balaban J connectivity index is 4.20. The summed E-state index contributed by atoms with van der Waals surface area (Å²) in [6.07, 6.45) is 101. The molecule has 0 radical (unpaired) electrons. The van der Waals surface area contributed by atoms with Gasteiger partial charge in [-0.05, 0) is 103 Å². The fraction of sp³-hybridized carbons (Fsp3) is 0.675. The van der Waals surface area contributed by atoms with E-state index < -0.39 is 26.6 Å². The number of aliphatic hydroxyl groups is 1. The van der Waals surface area contributed by atoms with Crippen LogP contribution in [0.15, 0.2) is 146 Å². The van der Waals surface area contributed by atoms with Crippen molar-refractivity contribution in [3.8, 4) is 0 Å². The van der Waals surface area contributed by atoms with E-state index in [-0.39, 0.29) is 12.5 Å². The van der Waals surface area contributed by atoms with Gasteiger partial charge in [0.2, 0.25) is 5.91 Å². The molecule has 3 unspecified atom stereocenters. The Kier molecular flexibility index (Phi) is 63.0. The van der Waals surface area contributed by atoms with Gasteiger partial charge in [0.1, 0.15) is 13.2 Å². The van der Waals surface area contributed by atoms with Gasteiger partial charge in [-0.15, -0.1) is 0 Å². The first-order valence-corrected chi connectivity index (χ1v) is 36.7. The minimum absolute atomic E-state index is 0.0121. The molecule has 0 fully saturated rings. The molecule has 0 aliphatic heterocycles. The highest BCUT2D eigenvalue weighted by atomic mass is 31.2. The zero-order valence-electron chi connectivity index (χ0n) is 56.2. The zero-order chi connectivity index (χ0) is 62.6. The molecule has 2 N–H and O–H groups in total. The third kappa shape index (κ3) is 67.9. The van der Waals surface area contributed by atoms with Crippen LogP contribution in [0.2, 0.25) is 0 Å². The molecule has 0 aromatic carbocycles. The van der Waals surface area contributed by atoms with Crippen LogP contribution in [0.5, 0.6) is 0 Å². The monoisotopic (exact) mass is 1210 g/mol. The molecule has 0 aliphatic carbocycles. The number of hydrogen-bond acceptors (Lipinski definition) is 6. The fourth-order valence-corrected chi connectivity index (χ4v) is 10.4. The summed E-state index contributed by atoms with van der Waals surface area (Å²) in [5, 5.41) is 13.9. The van der Waals surface area contributed by atoms with Crippen LogP contribution in [0.3, 0.4) is 0 Å². The smallest absolute Gasteiger partial charge is 0.268 e. The SMILES string of the molecule is CC/C=C\C/C=C\C/C=C\C/C=C\C/C=C\C/C=C\C/C=C\C/C=C\C/C=C\C/C=C\C/C=C\CCCCCCCC(=O)NC(COP(=O)([O-])OCC[N+](C)(C)C)C(O)/C=C/CCCCCCCCCCCCCCCCCCCCCCCCC. The fourth-order valence-electron chi connectivity index (χ4n) is 9.63. The van der Waals surface area contributed by atoms with Gasteiger partial charge in [-0.25, -0.2) is 0 Å². The van der Waals surface area contributed by atoms with Gasteiger partial charge in [-0.1, -0.05) is 320 Å². The van der Waals surface area contributed by atoms with E-state index in [2.05, 4.69) is 153 Å². The second kappa shape index (κ2) is 65.8. The normalized spacial score (nSPS) is 14.5. The number of hydrogen-bond donors (Lipinski definition) is 2. The van der Waals surface area contributed by atoms with E-state index in [0.717, 1.165) is 128 Å². The number of allylic oxidation sites excluding steroid dienone is 23. The van der Waals surface area contributed by atoms with E-state index >= 15 is 0 Å². The van der Waals surface area contributed by atoms with E-state index in [1.807, 2.05) is 27.2 Å². The van der Waals surface area contributed by atoms with Crippen LogP contribution in [0.25, 0.3) is 0 Å². The molecule has 0 aromatic heterocycles. The number of likely N-dealkylation sites (N-methyl/N-ethyl adjacent to an activating group) is 1. The maximum Gasteiger partial charge on any atom is 0.268 e. The molecule has 8 nitrogen and oxygen atoms in total. The van der Waals surface area contributed by atoms with Crippen molar-refractivity contribution < 1.29 is 32.9 Å². The number of carbonyl (C=O) groups is 1. The van der Waals surface area contributed by atoms with Crippen molar-refractivity contribution in [2.24, 2.45) is 0 Å². The number of phosphoric ester groups is 1. The molecule has 0 aliphatic rings. The van der Waals surface area contributed by atoms with Crippen LogP contribution in [0.4, 0.5) is 0 Å². The van der Waals surface area contributed by atoms with Gasteiger partial charge >= 0.3 is 0 Å². The average Bonchev–Trinajstić information content (AvgIpc) is 3.70. The summed E-state index contributed by atoms with van der Waals surface area (Å²) in [7, 11) is 1.23. The molecular weight excluding hydrogens is 1080 g/mol. The van der Waals surface area contributed by atoms with Gasteiger partial charge in [0.05, 0.1) is 39.9 Å². The Hall–Kier alpha value is -3.62. The molecule has 0 heterocycles. The van der Waals surface area contributed by atoms with Gasteiger partial charge in [0.15, 0.2) is 0 Å². The summed E-state index contributed by atoms with van der Waals surface area (Å²) >= 11 is 0. The Labute approximate surface area is 531 Å². The summed E-state index contributed by atoms with van der Waals surface area (Å²) in [6, 6.07) is -0.910. The molecule has 3 atom stereocenters. The first kappa shape index (κ1) is 82.4. The highest BCUT2D eigenvalue weighted by molar-refractivity contribution is 7.45. The predicted octanol–water partition coefficient (Wildman–Crippen LogP) is 22.1. The number of rotatable bonds is 63. The Morgan fingerprint density at radius 3 is 1.03 bits per heavy atom. The van der Waals surface area contributed by atoms with Crippen LogP contribution < -0.4 is 10.2 Å². The lowest BCUT2D eigenvalue weighted by atomic mass is 10.0. The Morgan fingerprint density at radius 1 is 0.419 bits per heavy atom. The van der Waals surface area contributed by atoms with Crippen LogP contribution in [0.1, 0.15) is 284 Å². The lowest BCUT2D eigenvalue weighted by molar-refractivity contribution is -0.870. The highest BCUT2D eigenvalue weighted by Crippen LogP contribution is 2.38. The second-order valence-electron chi connectivity index (χ2n) is 24.5. The summed E-state index contributed by atoms with van der Waals surface area (Å²) < 4.78 is 23.4. The molecule has 492 valence electrons. The minimum Gasteiger partial charge on any atom is -0.756 e. The summed E-state index contributed by atoms with van der Waals surface area (Å²) in [5.41, 5.74) is 0. The third-order valence-electron chi connectivity index (χ3n) is 15.1. The number of amides is 1. The average molecular weight is 1210 g/mol. The van der Waals surface area contributed by atoms with E-state index in [4.69, 9.17) is 9.05 Å². The molecule has 9 heteroatoms. The van der Waals surface area contributed by atoms with Gasteiger partial charge < -0.3 is 28.8 Å². The van der Waals surface area contributed by atoms with Crippen molar-refractivity contribution in [2.45, 2.75) is 296 Å². The molecule has 1 amide bonds. The van der Waals surface area contributed by atoms with Crippen molar-refractivity contribution in [3.63, 3.8) is 0 Å². The summed E-state index contributed by atoms with van der Waals surface area (Å²) in [6.45, 7) is 4.53. The zero-order valence-corrected chi connectivity index (χ0v) is 57.1. The number of unbranched alkanes of at least 4 members (excludes halogenated alkanes) is 28. The first-order valence-electron chi connectivity index (χ1n) is 35.2. The number of aliphatic hydroxyl groups excluding tert-OH is 1. The van der Waals surface area contributed by atoms with Gasteiger partial charge in [0.25, 0.3) is 7.82 Å². The summed E-state index contributed by atoms with van der Waals surface area (Å²) in [5.74, 6) is -0.219. The lowest BCUT2D eigenvalue weighted by Crippen LogP contribution is -2.45. The molecule has 0 saturated heterocycles. The molecule has 0 aromatic rings. The molecule has 0 rings (SSSR count). The number of phosphoric acid groups is 1. The van der Waals surface area contributed by atoms with E-state index in [1.54, 1.807) is 6.08 Å². The predicted molar refractivity (Wildman–Crippen MR) is 375 cm³/mol. The molecule has 86 heavy (non-hydrogen) atoms. The van der Waals surface area contributed by atoms with E-state index in [0.29, 0.717) is 17.4 Å². The minimum atomic E-state index is -4.62. The van der Waals surface area contributed by atoms with Crippen LogP contribution >= 0.6 is 7.82 Å². The number of nitrogens with zero attached hydrogens (tertiary/aromatic N) is 1.